The van der Waals surface area contributed by atoms with Gasteiger partial charge in [-0.1, -0.05) is 72.3 Å². The number of hydrogen-bond donors (Lipinski definition) is 0. The lowest BCUT2D eigenvalue weighted by Crippen LogP contribution is -3.00. The van der Waals surface area contributed by atoms with Crippen molar-refractivity contribution in [3.05, 3.63) is 114 Å². The lowest BCUT2D eigenvalue weighted by molar-refractivity contribution is -0.734. The SMILES string of the molecule is Clc1ccc(-[n+]2nc(-c3ccc(-c4ccccc4)cc3)nn2-c2ccccc2)cc1.[Cl-]. The Labute approximate surface area is 191 Å². The molecule has 1 heterocycles. The molecule has 1 aromatic heterocycles. The smallest absolute Gasteiger partial charge is 0.340 e. The zero-order valence-electron chi connectivity index (χ0n) is 16.4. The number of hydrogen-bond acceptors (Lipinski definition) is 2. The monoisotopic (exact) mass is 444 g/mol. The van der Waals surface area contributed by atoms with Crippen LogP contribution < -0.4 is 17.2 Å². The van der Waals surface area contributed by atoms with Crippen LogP contribution in [0.4, 0.5) is 0 Å². The highest BCUT2D eigenvalue weighted by Gasteiger charge is 2.23. The summed E-state index contributed by atoms with van der Waals surface area (Å²) in [7, 11) is 0. The molecule has 0 aliphatic carbocycles. The third-order valence-corrected chi connectivity index (χ3v) is 5.11. The largest absolute Gasteiger partial charge is 1.00 e. The number of aromatic nitrogens is 4. The van der Waals surface area contributed by atoms with E-state index in [2.05, 4.69) is 36.4 Å². The Bertz CT molecular complexity index is 1270. The van der Waals surface area contributed by atoms with E-state index in [0.29, 0.717) is 10.8 Å². The van der Waals surface area contributed by atoms with Crippen molar-refractivity contribution in [2.45, 2.75) is 0 Å². The summed E-state index contributed by atoms with van der Waals surface area (Å²) in [6, 6.07) is 36.1. The Balaban J connectivity index is 0.00000231. The Kier molecular flexibility index (Phi) is 6.12. The Morgan fingerprint density at radius 1 is 0.613 bits per heavy atom. The highest BCUT2D eigenvalue weighted by atomic mass is 35.5. The van der Waals surface area contributed by atoms with E-state index in [1.165, 1.54) is 5.56 Å². The number of nitrogens with zero attached hydrogens (tertiary/aromatic N) is 4. The van der Waals surface area contributed by atoms with Gasteiger partial charge in [-0.2, -0.15) is 0 Å². The Morgan fingerprint density at radius 3 is 1.81 bits per heavy atom. The van der Waals surface area contributed by atoms with Gasteiger partial charge in [0.05, 0.1) is 10.7 Å². The zero-order valence-corrected chi connectivity index (χ0v) is 17.9. The van der Waals surface area contributed by atoms with Crippen LogP contribution in [0.5, 0.6) is 0 Å². The van der Waals surface area contributed by atoms with Gasteiger partial charge in [0.1, 0.15) is 5.69 Å². The number of benzene rings is 4. The number of para-hydroxylation sites is 1. The highest BCUT2D eigenvalue weighted by molar-refractivity contribution is 6.30. The molecule has 0 saturated carbocycles. The van der Waals surface area contributed by atoms with Crippen LogP contribution >= 0.6 is 11.6 Å². The average Bonchev–Trinajstić information content (AvgIpc) is 3.26. The molecule has 0 bridgehead atoms. The fourth-order valence-electron chi connectivity index (χ4n) is 3.31. The molecule has 0 aliphatic rings. The third-order valence-electron chi connectivity index (χ3n) is 4.85. The average molecular weight is 445 g/mol. The molecule has 0 amide bonds. The van der Waals surface area contributed by atoms with Gasteiger partial charge in [-0.05, 0) is 69.6 Å². The van der Waals surface area contributed by atoms with E-state index in [-0.39, 0.29) is 12.4 Å². The topological polar surface area (TPSA) is 34.6 Å². The predicted molar refractivity (Wildman–Crippen MR) is 119 cm³/mol. The van der Waals surface area contributed by atoms with E-state index < -0.39 is 0 Å². The van der Waals surface area contributed by atoms with Crippen LogP contribution in [0, 0.1) is 0 Å². The highest BCUT2D eigenvalue weighted by Crippen LogP contribution is 2.23. The van der Waals surface area contributed by atoms with Gasteiger partial charge in [-0.15, -0.1) is 0 Å². The predicted octanol–water partition coefficient (Wildman–Crippen LogP) is 2.54. The van der Waals surface area contributed by atoms with Gasteiger partial charge in [0, 0.05) is 9.82 Å². The molecular weight excluding hydrogens is 427 g/mol. The van der Waals surface area contributed by atoms with Crippen LogP contribution in [0.3, 0.4) is 0 Å². The summed E-state index contributed by atoms with van der Waals surface area (Å²) in [5.74, 6) is 0.647. The van der Waals surface area contributed by atoms with Crippen molar-refractivity contribution in [1.82, 2.24) is 15.0 Å². The summed E-state index contributed by atoms with van der Waals surface area (Å²) in [5, 5.41) is 10.3. The molecular formula is C25H18Cl2N4. The summed E-state index contributed by atoms with van der Waals surface area (Å²) in [6.07, 6.45) is 0. The van der Waals surface area contributed by atoms with Crippen molar-refractivity contribution in [3.8, 4) is 33.9 Å². The van der Waals surface area contributed by atoms with E-state index in [1.807, 2.05) is 72.8 Å². The molecule has 0 fully saturated rings. The van der Waals surface area contributed by atoms with Gasteiger partial charge in [-0.3, -0.25) is 0 Å². The Hall–Kier alpha value is -3.47. The molecule has 4 aromatic carbocycles. The van der Waals surface area contributed by atoms with Crippen molar-refractivity contribution in [2.24, 2.45) is 0 Å². The molecule has 0 saturated heterocycles. The molecule has 0 spiro atoms. The lowest BCUT2D eigenvalue weighted by atomic mass is 10.0. The minimum atomic E-state index is 0. The quantitative estimate of drug-likeness (QED) is 0.399. The van der Waals surface area contributed by atoms with Gasteiger partial charge in [0.2, 0.25) is 0 Å². The molecule has 0 unspecified atom stereocenters. The van der Waals surface area contributed by atoms with E-state index >= 15 is 0 Å². The first-order chi connectivity index (χ1) is 14.8. The fraction of sp³-hybridized carbons (Fsp3) is 0. The van der Waals surface area contributed by atoms with Crippen molar-refractivity contribution < 1.29 is 17.2 Å². The van der Waals surface area contributed by atoms with Crippen molar-refractivity contribution in [2.75, 3.05) is 0 Å². The third kappa shape index (κ3) is 4.36. The normalized spacial score (nSPS) is 10.5. The Morgan fingerprint density at radius 2 is 1.16 bits per heavy atom. The summed E-state index contributed by atoms with van der Waals surface area (Å²) in [5.41, 5.74) is 5.09. The first kappa shape index (κ1) is 20.8. The van der Waals surface area contributed by atoms with E-state index in [4.69, 9.17) is 21.8 Å². The second-order valence-corrected chi connectivity index (χ2v) is 7.29. The number of rotatable bonds is 4. The minimum absolute atomic E-state index is 0. The summed E-state index contributed by atoms with van der Waals surface area (Å²) < 4.78 is 0. The molecule has 5 rings (SSSR count). The van der Waals surface area contributed by atoms with Gasteiger partial charge < -0.3 is 12.4 Å². The number of tetrazole rings is 1. The van der Waals surface area contributed by atoms with E-state index in [0.717, 1.165) is 22.5 Å². The second kappa shape index (κ2) is 9.13. The molecule has 31 heavy (non-hydrogen) atoms. The lowest BCUT2D eigenvalue weighted by Gasteiger charge is -2.00. The van der Waals surface area contributed by atoms with Crippen LogP contribution in [0.15, 0.2) is 109 Å². The van der Waals surface area contributed by atoms with E-state index in [1.54, 1.807) is 9.59 Å². The molecule has 0 atom stereocenters. The first-order valence-electron chi connectivity index (χ1n) is 9.65. The standard InChI is InChI=1S/C25H18ClN4.ClH/c26-22-15-17-24(18-16-22)30-28-25(27-29(30)23-9-5-2-6-10-23)21-13-11-20(12-14-21)19-7-3-1-4-8-19;/h1-18H;1H/q+1;/p-1. The first-order valence-corrected chi connectivity index (χ1v) is 10.0. The van der Waals surface area contributed by atoms with Crippen molar-refractivity contribution >= 4 is 11.6 Å². The molecule has 0 aliphatic heterocycles. The fourth-order valence-corrected chi connectivity index (χ4v) is 3.44. The van der Waals surface area contributed by atoms with Gasteiger partial charge in [-0.25, -0.2) is 0 Å². The molecule has 6 heteroatoms. The van der Waals surface area contributed by atoms with Crippen LogP contribution in [0.2, 0.25) is 5.02 Å². The van der Waals surface area contributed by atoms with Crippen molar-refractivity contribution in [1.29, 1.82) is 0 Å². The maximum absolute atomic E-state index is 6.07. The van der Waals surface area contributed by atoms with Crippen LogP contribution in [-0.4, -0.2) is 15.0 Å². The van der Waals surface area contributed by atoms with Crippen LogP contribution in [0.1, 0.15) is 0 Å². The summed E-state index contributed by atoms with van der Waals surface area (Å²) in [6.45, 7) is 0. The molecule has 0 radical (unpaired) electrons. The molecule has 152 valence electrons. The maximum atomic E-state index is 6.07. The zero-order chi connectivity index (χ0) is 20.3. The maximum Gasteiger partial charge on any atom is 0.340 e. The molecule has 4 nitrogen and oxygen atoms in total. The summed E-state index contributed by atoms with van der Waals surface area (Å²) in [4.78, 5) is 3.58. The minimum Gasteiger partial charge on any atom is -1.00 e. The van der Waals surface area contributed by atoms with Gasteiger partial charge in [0.25, 0.3) is 0 Å². The van der Waals surface area contributed by atoms with Crippen LogP contribution in [-0.2, 0) is 0 Å². The van der Waals surface area contributed by atoms with E-state index in [9.17, 15) is 0 Å². The second-order valence-electron chi connectivity index (χ2n) is 6.86. The van der Waals surface area contributed by atoms with Gasteiger partial charge >= 0.3 is 5.82 Å². The molecule has 5 aromatic rings. The van der Waals surface area contributed by atoms with Gasteiger partial charge in [0.15, 0.2) is 5.69 Å². The summed E-state index contributed by atoms with van der Waals surface area (Å²) >= 11 is 6.07. The number of halogens is 2. The van der Waals surface area contributed by atoms with Crippen molar-refractivity contribution in [3.63, 3.8) is 0 Å². The van der Waals surface area contributed by atoms with Crippen LogP contribution in [0.25, 0.3) is 33.9 Å². The molecule has 0 N–H and O–H groups in total.